The molecule has 0 aliphatic heterocycles. The Balaban J connectivity index is 1.65. The molecular formula is C22H19F3N4O2. The lowest BCUT2D eigenvalue weighted by atomic mass is 10.1. The van der Waals surface area contributed by atoms with Crippen molar-refractivity contribution in [1.82, 2.24) is 15.1 Å². The first-order valence-electron chi connectivity index (χ1n) is 9.67. The number of alkyl halides is 3. The molecule has 6 nitrogen and oxygen atoms in total. The molecule has 1 fully saturated rings. The molecular weight excluding hydrogens is 409 g/mol. The largest absolute Gasteiger partial charge is 0.434 e. The van der Waals surface area contributed by atoms with Crippen LogP contribution in [0.1, 0.15) is 44.8 Å². The van der Waals surface area contributed by atoms with E-state index in [0.717, 1.165) is 19.0 Å². The van der Waals surface area contributed by atoms with Crippen molar-refractivity contribution in [3.63, 3.8) is 0 Å². The molecule has 1 aliphatic carbocycles. The Kier molecular flexibility index (Phi) is 5.26. The van der Waals surface area contributed by atoms with Crippen LogP contribution in [0.4, 0.5) is 18.9 Å². The van der Waals surface area contributed by atoms with Crippen molar-refractivity contribution in [2.75, 3.05) is 5.32 Å². The number of aryl methyl sites for hydroxylation is 1. The Morgan fingerprint density at radius 1 is 1.06 bits per heavy atom. The number of hydrogen-bond donors (Lipinski definition) is 2. The van der Waals surface area contributed by atoms with Gasteiger partial charge in [0, 0.05) is 17.3 Å². The van der Waals surface area contributed by atoms with Gasteiger partial charge in [0.15, 0.2) is 5.69 Å². The van der Waals surface area contributed by atoms with Crippen LogP contribution in [0.3, 0.4) is 0 Å². The number of anilines is 1. The number of amides is 2. The second-order valence-electron chi connectivity index (χ2n) is 7.38. The minimum absolute atomic E-state index is 0.157. The summed E-state index contributed by atoms with van der Waals surface area (Å²) < 4.78 is 42.1. The predicted octanol–water partition coefficient (Wildman–Crippen LogP) is 4.34. The van der Waals surface area contributed by atoms with Crippen LogP contribution < -0.4 is 10.6 Å². The molecule has 3 aromatic rings. The number of benzene rings is 2. The zero-order chi connectivity index (χ0) is 22.2. The Morgan fingerprint density at radius 3 is 2.42 bits per heavy atom. The maximum Gasteiger partial charge on any atom is 0.434 e. The summed E-state index contributed by atoms with van der Waals surface area (Å²) in [5, 5.41) is 9.13. The van der Waals surface area contributed by atoms with Gasteiger partial charge in [0.25, 0.3) is 11.8 Å². The van der Waals surface area contributed by atoms with Crippen molar-refractivity contribution >= 4 is 17.5 Å². The summed E-state index contributed by atoms with van der Waals surface area (Å²) in [4.78, 5) is 25.1. The molecule has 9 heteroatoms. The van der Waals surface area contributed by atoms with E-state index in [-0.39, 0.29) is 23.3 Å². The minimum Gasteiger partial charge on any atom is -0.349 e. The number of carbonyl (C=O) groups excluding carboxylic acids is 2. The van der Waals surface area contributed by atoms with Gasteiger partial charge in [0.05, 0.1) is 17.4 Å². The molecule has 1 heterocycles. The Bertz CT molecular complexity index is 1140. The van der Waals surface area contributed by atoms with Gasteiger partial charge in [-0.3, -0.25) is 9.59 Å². The van der Waals surface area contributed by atoms with Gasteiger partial charge in [-0.1, -0.05) is 24.3 Å². The minimum atomic E-state index is -4.81. The van der Waals surface area contributed by atoms with Gasteiger partial charge in [0.2, 0.25) is 0 Å². The van der Waals surface area contributed by atoms with Crippen LogP contribution in [0, 0.1) is 6.92 Å². The first-order chi connectivity index (χ1) is 14.7. The molecule has 2 amide bonds. The van der Waals surface area contributed by atoms with E-state index >= 15 is 0 Å². The van der Waals surface area contributed by atoms with Gasteiger partial charge < -0.3 is 10.6 Å². The van der Waals surface area contributed by atoms with Crippen molar-refractivity contribution in [2.45, 2.75) is 32.0 Å². The standard InChI is InChI=1S/C22H19F3N4O2/c1-13-7-8-14(20(30)27-15-9-10-15)11-18(13)28-21(31)17-12-26-29(19(17)22(23,24)25)16-5-3-2-4-6-16/h2-8,11-12,15H,9-10H2,1H3,(H,27,30)(H,28,31). The zero-order valence-corrected chi connectivity index (χ0v) is 16.5. The summed E-state index contributed by atoms with van der Waals surface area (Å²) in [5.74, 6) is -1.25. The molecule has 1 saturated carbocycles. The second-order valence-corrected chi connectivity index (χ2v) is 7.38. The van der Waals surface area contributed by atoms with Crippen LogP contribution in [0.2, 0.25) is 0 Å². The molecule has 0 spiro atoms. The van der Waals surface area contributed by atoms with Gasteiger partial charge in [-0.25, -0.2) is 4.68 Å². The third-order valence-electron chi connectivity index (χ3n) is 4.94. The maximum atomic E-state index is 13.8. The van der Waals surface area contributed by atoms with E-state index in [4.69, 9.17) is 0 Å². The molecule has 1 aliphatic rings. The number of nitrogens with zero attached hydrogens (tertiary/aromatic N) is 2. The molecule has 0 atom stereocenters. The average Bonchev–Trinajstić information content (AvgIpc) is 3.42. The summed E-state index contributed by atoms with van der Waals surface area (Å²) in [6.07, 6.45) is -2.07. The summed E-state index contributed by atoms with van der Waals surface area (Å²) in [6.45, 7) is 1.69. The Morgan fingerprint density at radius 2 is 1.77 bits per heavy atom. The van der Waals surface area contributed by atoms with E-state index in [9.17, 15) is 22.8 Å². The van der Waals surface area contributed by atoms with E-state index in [1.807, 2.05) is 0 Å². The van der Waals surface area contributed by atoms with Crippen LogP contribution in [-0.2, 0) is 6.18 Å². The molecule has 0 saturated heterocycles. The lowest BCUT2D eigenvalue weighted by molar-refractivity contribution is -0.143. The number of carbonyl (C=O) groups is 2. The molecule has 1 aromatic heterocycles. The lowest BCUT2D eigenvalue weighted by Crippen LogP contribution is -2.25. The number of nitrogens with one attached hydrogen (secondary N) is 2. The smallest absolute Gasteiger partial charge is 0.349 e. The van der Waals surface area contributed by atoms with Crippen molar-refractivity contribution in [3.8, 4) is 5.69 Å². The zero-order valence-electron chi connectivity index (χ0n) is 16.5. The number of halogens is 3. The van der Waals surface area contributed by atoms with E-state index in [1.165, 1.54) is 18.2 Å². The predicted molar refractivity (Wildman–Crippen MR) is 108 cm³/mol. The van der Waals surface area contributed by atoms with Gasteiger partial charge in [-0.2, -0.15) is 18.3 Å². The molecule has 0 bridgehead atoms. The van der Waals surface area contributed by atoms with E-state index in [2.05, 4.69) is 15.7 Å². The van der Waals surface area contributed by atoms with Crippen molar-refractivity contribution in [3.05, 3.63) is 77.1 Å². The molecule has 0 unspecified atom stereocenters. The monoisotopic (exact) mass is 428 g/mol. The van der Waals surface area contributed by atoms with Crippen LogP contribution in [0.5, 0.6) is 0 Å². The normalized spacial score (nSPS) is 13.7. The number of hydrogen-bond acceptors (Lipinski definition) is 3. The van der Waals surface area contributed by atoms with Crippen molar-refractivity contribution in [2.24, 2.45) is 0 Å². The quantitative estimate of drug-likeness (QED) is 0.635. The van der Waals surface area contributed by atoms with Crippen molar-refractivity contribution in [1.29, 1.82) is 0 Å². The Labute approximate surface area is 176 Å². The number of aromatic nitrogens is 2. The van der Waals surface area contributed by atoms with Gasteiger partial charge >= 0.3 is 6.18 Å². The highest BCUT2D eigenvalue weighted by atomic mass is 19.4. The second kappa shape index (κ2) is 7.90. The molecule has 160 valence electrons. The highest BCUT2D eigenvalue weighted by molar-refractivity contribution is 6.06. The van der Waals surface area contributed by atoms with Gasteiger partial charge in [0.1, 0.15) is 0 Å². The maximum absolute atomic E-state index is 13.8. The molecule has 2 N–H and O–H groups in total. The summed E-state index contributed by atoms with van der Waals surface area (Å²) in [7, 11) is 0. The fourth-order valence-corrected chi connectivity index (χ4v) is 3.14. The first kappa shape index (κ1) is 20.6. The van der Waals surface area contributed by atoms with E-state index in [0.29, 0.717) is 15.8 Å². The summed E-state index contributed by atoms with van der Waals surface area (Å²) >= 11 is 0. The van der Waals surface area contributed by atoms with Gasteiger partial charge in [-0.15, -0.1) is 0 Å². The SMILES string of the molecule is Cc1ccc(C(=O)NC2CC2)cc1NC(=O)c1cnn(-c2ccccc2)c1C(F)(F)F. The van der Waals surface area contributed by atoms with E-state index < -0.39 is 23.3 Å². The highest BCUT2D eigenvalue weighted by Crippen LogP contribution is 2.34. The number of para-hydroxylation sites is 1. The number of rotatable bonds is 5. The van der Waals surface area contributed by atoms with Crippen molar-refractivity contribution < 1.29 is 22.8 Å². The first-order valence-corrected chi connectivity index (χ1v) is 9.67. The van der Waals surface area contributed by atoms with Crippen LogP contribution in [0.25, 0.3) is 5.69 Å². The topological polar surface area (TPSA) is 76.0 Å². The molecule has 2 aromatic carbocycles. The third-order valence-corrected chi connectivity index (χ3v) is 4.94. The summed E-state index contributed by atoms with van der Waals surface area (Å²) in [6, 6.07) is 12.6. The molecule has 0 radical (unpaired) electrons. The van der Waals surface area contributed by atoms with Crippen LogP contribution in [0.15, 0.2) is 54.7 Å². The fraction of sp³-hybridized carbons (Fsp3) is 0.227. The van der Waals surface area contributed by atoms with E-state index in [1.54, 1.807) is 37.3 Å². The lowest BCUT2D eigenvalue weighted by Gasteiger charge is -2.14. The fourth-order valence-electron chi connectivity index (χ4n) is 3.14. The Hall–Kier alpha value is -3.62. The summed E-state index contributed by atoms with van der Waals surface area (Å²) in [5.41, 5.74) is -0.401. The molecule has 31 heavy (non-hydrogen) atoms. The van der Waals surface area contributed by atoms with Gasteiger partial charge in [-0.05, 0) is 49.6 Å². The van der Waals surface area contributed by atoms with Crippen LogP contribution >= 0.6 is 0 Å². The average molecular weight is 428 g/mol. The molecule has 4 rings (SSSR count). The highest BCUT2D eigenvalue weighted by Gasteiger charge is 2.40. The van der Waals surface area contributed by atoms with Crippen LogP contribution in [-0.4, -0.2) is 27.6 Å². The third kappa shape index (κ3) is 4.45.